The molecule has 2 aliphatic rings. The van der Waals surface area contributed by atoms with E-state index in [0.717, 1.165) is 38.7 Å². The highest BCUT2D eigenvalue weighted by Gasteiger charge is 2.25. The molecular formula is C19H38N4O2. The van der Waals surface area contributed by atoms with Gasteiger partial charge in [0.1, 0.15) is 0 Å². The summed E-state index contributed by atoms with van der Waals surface area (Å²) in [5.74, 6) is 2.29. The minimum atomic E-state index is 0.600. The Hall–Kier alpha value is -0.850. The summed E-state index contributed by atoms with van der Waals surface area (Å²) in [6.45, 7) is 14.3. The highest BCUT2D eigenvalue weighted by Crippen LogP contribution is 2.17. The van der Waals surface area contributed by atoms with E-state index in [1.807, 2.05) is 0 Å². The van der Waals surface area contributed by atoms with Crippen LogP contribution in [-0.4, -0.2) is 88.5 Å². The molecule has 6 heteroatoms. The molecule has 0 radical (unpaired) electrons. The summed E-state index contributed by atoms with van der Waals surface area (Å²) in [5, 5.41) is 3.47. The highest BCUT2D eigenvalue weighted by atomic mass is 16.5. The summed E-state index contributed by atoms with van der Waals surface area (Å²) in [7, 11) is 1.71. The predicted molar refractivity (Wildman–Crippen MR) is 103 cm³/mol. The van der Waals surface area contributed by atoms with Crippen molar-refractivity contribution in [3.8, 4) is 0 Å². The van der Waals surface area contributed by atoms with E-state index in [-0.39, 0.29) is 0 Å². The molecule has 1 N–H and O–H groups in total. The number of nitrogens with zero attached hydrogens (tertiary/aromatic N) is 3. The van der Waals surface area contributed by atoms with Crippen molar-refractivity contribution < 1.29 is 9.47 Å². The van der Waals surface area contributed by atoms with Crippen LogP contribution in [0.15, 0.2) is 4.99 Å². The van der Waals surface area contributed by atoms with E-state index in [4.69, 9.17) is 14.5 Å². The molecule has 6 nitrogen and oxygen atoms in total. The summed E-state index contributed by atoms with van der Waals surface area (Å²) in [5.41, 5.74) is 0. The first-order valence-corrected chi connectivity index (χ1v) is 10.0. The molecule has 0 aromatic carbocycles. The van der Waals surface area contributed by atoms with Crippen molar-refractivity contribution in [2.24, 2.45) is 16.8 Å². The van der Waals surface area contributed by atoms with E-state index in [2.05, 4.69) is 29.0 Å². The molecule has 0 aromatic rings. The average Bonchev–Trinajstić information content (AvgIpc) is 3.27. The summed E-state index contributed by atoms with van der Waals surface area (Å²) in [4.78, 5) is 9.90. The van der Waals surface area contributed by atoms with Crippen LogP contribution >= 0.6 is 0 Å². The van der Waals surface area contributed by atoms with E-state index < -0.39 is 0 Å². The van der Waals surface area contributed by atoms with Crippen LogP contribution in [0, 0.1) is 11.8 Å². The Labute approximate surface area is 153 Å². The molecule has 0 bridgehead atoms. The molecule has 2 fully saturated rings. The minimum absolute atomic E-state index is 0.600. The molecule has 0 saturated carbocycles. The number of likely N-dealkylation sites (tertiary alicyclic amines) is 2. The van der Waals surface area contributed by atoms with E-state index in [1.165, 1.54) is 38.9 Å². The lowest BCUT2D eigenvalue weighted by atomic mass is 10.1. The van der Waals surface area contributed by atoms with Gasteiger partial charge in [0.25, 0.3) is 0 Å². The highest BCUT2D eigenvalue weighted by molar-refractivity contribution is 5.80. The third kappa shape index (κ3) is 7.50. The smallest absolute Gasteiger partial charge is 0.193 e. The molecule has 2 saturated heterocycles. The van der Waals surface area contributed by atoms with Gasteiger partial charge >= 0.3 is 0 Å². The lowest BCUT2D eigenvalue weighted by molar-refractivity contribution is 0.0536. The van der Waals surface area contributed by atoms with Gasteiger partial charge in [-0.15, -0.1) is 0 Å². The lowest BCUT2D eigenvalue weighted by Crippen LogP contribution is -2.40. The first kappa shape index (κ1) is 20.5. The zero-order chi connectivity index (χ0) is 17.9. The molecule has 25 heavy (non-hydrogen) atoms. The Morgan fingerprint density at radius 2 is 2.04 bits per heavy atom. The maximum Gasteiger partial charge on any atom is 0.193 e. The number of hydrogen-bond donors (Lipinski definition) is 1. The normalized spacial score (nSPS) is 23.4. The average molecular weight is 355 g/mol. The summed E-state index contributed by atoms with van der Waals surface area (Å²) < 4.78 is 10.7. The number of hydrogen-bond acceptors (Lipinski definition) is 4. The largest absolute Gasteiger partial charge is 0.382 e. The Morgan fingerprint density at radius 3 is 2.76 bits per heavy atom. The molecule has 2 rings (SSSR count). The van der Waals surface area contributed by atoms with Gasteiger partial charge in [0.15, 0.2) is 5.96 Å². The molecule has 146 valence electrons. The Balaban J connectivity index is 1.74. The second-order valence-corrected chi connectivity index (χ2v) is 7.48. The van der Waals surface area contributed by atoms with Gasteiger partial charge in [-0.3, -0.25) is 4.99 Å². The fraction of sp³-hybridized carbons (Fsp3) is 0.947. The van der Waals surface area contributed by atoms with E-state index in [0.29, 0.717) is 25.0 Å². The zero-order valence-corrected chi connectivity index (χ0v) is 16.5. The molecule has 0 spiro atoms. The van der Waals surface area contributed by atoms with Gasteiger partial charge in [0.05, 0.1) is 19.8 Å². The quantitative estimate of drug-likeness (QED) is 0.367. The van der Waals surface area contributed by atoms with Crippen LogP contribution in [0.5, 0.6) is 0 Å². The van der Waals surface area contributed by atoms with Crippen LogP contribution in [0.3, 0.4) is 0 Å². The van der Waals surface area contributed by atoms with E-state index in [9.17, 15) is 0 Å². The molecule has 2 heterocycles. The molecule has 2 aliphatic heterocycles. The predicted octanol–water partition coefficient (Wildman–Crippen LogP) is 1.67. The monoisotopic (exact) mass is 354 g/mol. The third-order valence-corrected chi connectivity index (χ3v) is 5.03. The van der Waals surface area contributed by atoms with Gasteiger partial charge in [-0.1, -0.05) is 6.92 Å². The van der Waals surface area contributed by atoms with Gasteiger partial charge < -0.3 is 24.6 Å². The fourth-order valence-electron chi connectivity index (χ4n) is 3.69. The van der Waals surface area contributed by atoms with Crippen molar-refractivity contribution in [2.45, 2.75) is 33.1 Å². The van der Waals surface area contributed by atoms with Gasteiger partial charge in [0, 0.05) is 45.8 Å². The van der Waals surface area contributed by atoms with Crippen molar-refractivity contribution >= 4 is 5.96 Å². The van der Waals surface area contributed by atoms with Crippen molar-refractivity contribution in [3.63, 3.8) is 0 Å². The summed E-state index contributed by atoms with van der Waals surface area (Å²) in [6.07, 6.45) is 3.90. The first-order chi connectivity index (χ1) is 12.2. The molecule has 0 amide bonds. The van der Waals surface area contributed by atoms with Crippen LogP contribution in [0.4, 0.5) is 0 Å². The molecule has 0 aliphatic carbocycles. The number of aliphatic imine (C=N–C) groups is 1. The van der Waals surface area contributed by atoms with Crippen LogP contribution in [0.2, 0.25) is 0 Å². The molecule has 2 atom stereocenters. The Bertz CT molecular complexity index is 386. The number of ether oxygens (including phenoxy) is 2. The van der Waals surface area contributed by atoms with Gasteiger partial charge in [0.2, 0.25) is 0 Å². The molecular weight excluding hydrogens is 316 g/mol. The van der Waals surface area contributed by atoms with Crippen LogP contribution < -0.4 is 5.32 Å². The number of methoxy groups -OCH3 is 1. The SMILES string of the molecule is CCNC(=NCC(C)CN1CCCC1)N1CCC(COCCOC)C1. The van der Waals surface area contributed by atoms with E-state index in [1.54, 1.807) is 7.11 Å². The maximum atomic E-state index is 5.70. The van der Waals surface area contributed by atoms with E-state index >= 15 is 0 Å². The zero-order valence-electron chi connectivity index (χ0n) is 16.5. The number of rotatable bonds is 10. The Kier molecular flexibility index (Phi) is 9.58. The van der Waals surface area contributed by atoms with Crippen molar-refractivity contribution in [2.75, 3.05) is 72.7 Å². The van der Waals surface area contributed by atoms with Crippen LogP contribution in [0.1, 0.15) is 33.1 Å². The number of nitrogens with one attached hydrogen (secondary N) is 1. The topological polar surface area (TPSA) is 49.3 Å². The van der Waals surface area contributed by atoms with Crippen molar-refractivity contribution in [1.82, 2.24) is 15.1 Å². The van der Waals surface area contributed by atoms with Crippen LogP contribution in [-0.2, 0) is 9.47 Å². The third-order valence-electron chi connectivity index (χ3n) is 5.03. The number of guanidine groups is 1. The van der Waals surface area contributed by atoms with Gasteiger partial charge in [-0.25, -0.2) is 0 Å². The second-order valence-electron chi connectivity index (χ2n) is 7.48. The van der Waals surface area contributed by atoms with Crippen molar-refractivity contribution in [1.29, 1.82) is 0 Å². The lowest BCUT2D eigenvalue weighted by Gasteiger charge is -2.23. The van der Waals surface area contributed by atoms with Crippen LogP contribution in [0.25, 0.3) is 0 Å². The maximum absolute atomic E-state index is 5.70. The standard InChI is InChI=1S/C19H38N4O2/c1-4-20-19(21-13-17(2)14-22-8-5-6-9-22)23-10-7-18(15-23)16-25-12-11-24-3/h17-18H,4-16H2,1-3H3,(H,20,21). The molecule has 0 aromatic heterocycles. The summed E-state index contributed by atoms with van der Waals surface area (Å²) in [6, 6.07) is 0. The minimum Gasteiger partial charge on any atom is -0.382 e. The molecule has 2 unspecified atom stereocenters. The van der Waals surface area contributed by atoms with Crippen molar-refractivity contribution in [3.05, 3.63) is 0 Å². The first-order valence-electron chi connectivity index (χ1n) is 10.0. The fourth-order valence-corrected chi connectivity index (χ4v) is 3.69. The summed E-state index contributed by atoms with van der Waals surface area (Å²) >= 11 is 0. The van der Waals surface area contributed by atoms with Gasteiger partial charge in [-0.05, 0) is 45.2 Å². The Morgan fingerprint density at radius 1 is 1.24 bits per heavy atom. The second kappa shape index (κ2) is 11.7. The van der Waals surface area contributed by atoms with Gasteiger partial charge in [-0.2, -0.15) is 0 Å².